The van der Waals surface area contributed by atoms with Crippen LogP contribution in [0.1, 0.15) is 5.56 Å². The summed E-state index contributed by atoms with van der Waals surface area (Å²) in [7, 11) is 0. The number of nitrogens with zero attached hydrogens (tertiary/aromatic N) is 1. The zero-order valence-electron chi connectivity index (χ0n) is 12.1. The van der Waals surface area contributed by atoms with Crippen LogP contribution in [0.25, 0.3) is 21.8 Å². The van der Waals surface area contributed by atoms with Crippen molar-refractivity contribution < 1.29 is 0 Å². The Bertz CT molecular complexity index is 884. The molecule has 0 spiro atoms. The fraction of sp³-hybridized carbons (Fsp3) is 0.0556. The highest BCUT2D eigenvalue weighted by atomic mass is 35.5. The van der Waals surface area contributed by atoms with Gasteiger partial charge in [0.05, 0.1) is 5.52 Å². The Kier molecular flexibility index (Phi) is 5.42. The van der Waals surface area contributed by atoms with Crippen LogP contribution in [0.4, 0.5) is 0 Å². The molecule has 0 bridgehead atoms. The van der Waals surface area contributed by atoms with Crippen molar-refractivity contribution in [2.75, 3.05) is 0 Å². The number of aromatic nitrogens is 2. The van der Waals surface area contributed by atoms with Gasteiger partial charge in [0.2, 0.25) is 0 Å². The van der Waals surface area contributed by atoms with Crippen LogP contribution >= 0.6 is 24.0 Å². The maximum atomic E-state index is 5.71. The van der Waals surface area contributed by atoms with Crippen molar-refractivity contribution in [1.82, 2.24) is 9.97 Å². The molecule has 0 radical (unpaired) electrons. The van der Waals surface area contributed by atoms with Gasteiger partial charge >= 0.3 is 0 Å². The number of nitrogens with one attached hydrogen (secondary N) is 1. The number of halogens is 2. The van der Waals surface area contributed by atoms with Crippen LogP contribution in [0.5, 0.6) is 0 Å². The maximum absolute atomic E-state index is 5.71. The molecular formula is C18H16Cl2N2. The molecule has 2 nitrogen and oxygen atoms in total. The molecule has 1 N–H and O–H groups in total. The summed E-state index contributed by atoms with van der Waals surface area (Å²) in [5.41, 5.74) is 3.48. The largest absolute Gasteiger partial charge is 0.361 e. The lowest BCUT2D eigenvalue weighted by Gasteiger charge is -1.94. The number of benzene rings is 2. The van der Waals surface area contributed by atoms with Gasteiger partial charge in [0.1, 0.15) is 5.15 Å². The van der Waals surface area contributed by atoms with E-state index in [0.717, 1.165) is 10.9 Å². The third-order valence-electron chi connectivity index (χ3n) is 3.36. The van der Waals surface area contributed by atoms with E-state index >= 15 is 0 Å². The Morgan fingerprint density at radius 2 is 1.64 bits per heavy atom. The van der Waals surface area contributed by atoms with E-state index < -0.39 is 0 Å². The standard InChI is InChI=1S/C9H6ClN.C9H9N.ClH/c10-9-6-5-7-3-1-2-4-8(7)11-9;1-7-6-10-9-5-3-2-4-8(7)9;/h1-6H;2-6,10H,1H3;1H. The molecule has 22 heavy (non-hydrogen) atoms. The molecule has 4 aromatic rings. The van der Waals surface area contributed by atoms with Crippen molar-refractivity contribution in [1.29, 1.82) is 0 Å². The molecular weight excluding hydrogens is 315 g/mol. The maximum Gasteiger partial charge on any atom is 0.129 e. The Morgan fingerprint density at radius 1 is 0.909 bits per heavy atom. The molecule has 0 aliphatic heterocycles. The molecule has 0 saturated carbocycles. The van der Waals surface area contributed by atoms with Crippen LogP contribution in [0, 0.1) is 6.92 Å². The first-order chi connectivity index (χ1) is 10.2. The molecule has 0 fully saturated rings. The summed E-state index contributed by atoms with van der Waals surface area (Å²) >= 11 is 5.71. The van der Waals surface area contributed by atoms with E-state index in [2.05, 4.69) is 35.1 Å². The van der Waals surface area contributed by atoms with Gasteiger partial charge in [-0.2, -0.15) is 0 Å². The smallest absolute Gasteiger partial charge is 0.129 e. The Hall–Kier alpha value is -2.03. The van der Waals surface area contributed by atoms with Crippen molar-refractivity contribution in [2.24, 2.45) is 0 Å². The SMILES string of the molecule is Cc1c[nH]c2ccccc12.Cl.Clc1ccc2ccccc2n1. The molecule has 0 atom stereocenters. The van der Waals surface area contributed by atoms with Gasteiger partial charge < -0.3 is 4.98 Å². The lowest BCUT2D eigenvalue weighted by Crippen LogP contribution is -1.76. The van der Waals surface area contributed by atoms with Crippen molar-refractivity contribution in [3.8, 4) is 0 Å². The minimum atomic E-state index is 0. The Labute approximate surface area is 140 Å². The molecule has 0 saturated heterocycles. The average molecular weight is 331 g/mol. The third-order valence-corrected chi connectivity index (χ3v) is 3.57. The van der Waals surface area contributed by atoms with E-state index in [-0.39, 0.29) is 12.4 Å². The summed E-state index contributed by atoms with van der Waals surface area (Å²) in [4.78, 5) is 7.33. The monoisotopic (exact) mass is 330 g/mol. The van der Waals surface area contributed by atoms with Crippen molar-refractivity contribution >= 4 is 45.8 Å². The van der Waals surface area contributed by atoms with Gasteiger partial charge in [-0.25, -0.2) is 4.98 Å². The van der Waals surface area contributed by atoms with Gasteiger partial charge in [-0.05, 0) is 36.8 Å². The summed E-state index contributed by atoms with van der Waals surface area (Å²) in [6.07, 6.45) is 2.03. The first-order valence-electron chi connectivity index (χ1n) is 6.78. The third kappa shape index (κ3) is 3.59. The molecule has 0 amide bonds. The predicted octanol–water partition coefficient (Wildman–Crippen LogP) is 5.79. The van der Waals surface area contributed by atoms with E-state index in [0.29, 0.717) is 5.15 Å². The van der Waals surface area contributed by atoms with Gasteiger partial charge in [-0.3, -0.25) is 0 Å². The van der Waals surface area contributed by atoms with E-state index in [1.165, 1.54) is 16.5 Å². The number of hydrogen-bond donors (Lipinski definition) is 1. The number of fused-ring (bicyclic) bond motifs is 2. The minimum Gasteiger partial charge on any atom is -0.361 e. The Balaban J connectivity index is 0.000000154. The number of aromatic amines is 1. The zero-order valence-corrected chi connectivity index (χ0v) is 13.7. The molecule has 0 aliphatic rings. The first kappa shape index (κ1) is 16.3. The summed E-state index contributed by atoms with van der Waals surface area (Å²) in [5.74, 6) is 0. The summed E-state index contributed by atoms with van der Waals surface area (Å²) in [6, 6.07) is 20.0. The van der Waals surface area contributed by atoms with Crippen LogP contribution in [0.3, 0.4) is 0 Å². The van der Waals surface area contributed by atoms with Crippen LogP contribution in [0.15, 0.2) is 66.9 Å². The molecule has 4 heteroatoms. The van der Waals surface area contributed by atoms with Crippen molar-refractivity contribution in [3.05, 3.63) is 77.6 Å². The topological polar surface area (TPSA) is 28.7 Å². The normalized spacial score (nSPS) is 9.91. The predicted molar refractivity (Wildman–Crippen MR) is 97.0 cm³/mol. The van der Waals surface area contributed by atoms with Gasteiger partial charge in [0, 0.05) is 22.5 Å². The molecule has 2 aromatic carbocycles. The van der Waals surface area contributed by atoms with Gasteiger partial charge in [0.15, 0.2) is 0 Å². The van der Waals surface area contributed by atoms with Crippen LogP contribution in [0.2, 0.25) is 5.15 Å². The quantitative estimate of drug-likeness (QED) is 0.406. The summed E-state index contributed by atoms with van der Waals surface area (Å²) in [6.45, 7) is 2.11. The van der Waals surface area contributed by atoms with E-state index in [1.807, 2.05) is 42.6 Å². The Morgan fingerprint density at radius 3 is 2.45 bits per heavy atom. The number of rotatable bonds is 0. The van der Waals surface area contributed by atoms with Crippen LogP contribution in [-0.4, -0.2) is 9.97 Å². The molecule has 0 aliphatic carbocycles. The fourth-order valence-corrected chi connectivity index (χ4v) is 2.41. The molecule has 0 unspecified atom stereocenters. The summed E-state index contributed by atoms with van der Waals surface area (Å²) < 4.78 is 0. The van der Waals surface area contributed by atoms with Crippen LogP contribution < -0.4 is 0 Å². The second-order valence-electron chi connectivity index (χ2n) is 4.84. The molecule has 2 heterocycles. The van der Waals surface area contributed by atoms with E-state index in [9.17, 15) is 0 Å². The van der Waals surface area contributed by atoms with Gasteiger partial charge in [0.25, 0.3) is 0 Å². The average Bonchev–Trinajstić information content (AvgIpc) is 2.90. The number of para-hydroxylation sites is 2. The lowest BCUT2D eigenvalue weighted by atomic mass is 10.2. The highest BCUT2D eigenvalue weighted by Crippen LogP contribution is 2.15. The van der Waals surface area contributed by atoms with E-state index in [4.69, 9.17) is 11.6 Å². The van der Waals surface area contributed by atoms with Gasteiger partial charge in [-0.15, -0.1) is 12.4 Å². The molecule has 112 valence electrons. The van der Waals surface area contributed by atoms with Gasteiger partial charge in [-0.1, -0.05) is 48.0 Å². The fourth-order valence-electron chi connectivity index (χ4n) is 2.26. The van der Waals surface area contributed by atoms with Crippen molar-refractivity contribution in [2.45, 2.75) is 6.92 Å². The number of H-pyrrole nitrogens is 1. The van der Waals surface area contributed by atoms with Crippen LogP contribution in [-0.2, 0) is 0 Å². The summed E-state index contributed by atoms with van der Waals surface area (Å²) in [5, 5.41) is 2.99. The molecule has 4 rings (SSSR count). The first-order valence-corrected chi connectivity index (χ1v) is 7.16. The van der Waals surface area contributed by atoms with E-state index in [1.54, 1.807) is 6.07 Å². The second kappa shape index (κ2) is 7.30. The molecule has 2 aromatic heterocycles. The number of pyridine rings is 1. The van der Waals surface area contributed by atoms with Crippen molar-refractivity contribution in [3.63, 3.8) is 0 Å². The minimum absolute atomic E-state index is 0. The number of aryl methyl sites for hydroxylation is 1. The number of hydrogen-bond acceptors (Lipinski definition) is 1. The second-order valence-corrected chi connectivity index (χ2v) is 5.23. The lowest BCUT2D eigenvalue weighted by molar-refractivity contribution is 1.41. The highest BCUT2D eigenvalue weighted by Gasteiger charge is 1.94. The highest BCUT2D eigenvalue weighted by molar-refractivity contribution is 6.29. The zero-order chi connectivity index (χ0) is 14.7.